The van der Waals surface area contributed by atoms with Crippen LogP contribution in [0.3, 0.4) is 0 Å². The first-order valence-electron chi connectivity index (χ1n) is 5.52. The monoisotopic (exact) mass is 262 g/mol. The molecule has 0 saturated heterocycles. The summed E-state index contributed by atoms with van der Waals surface area (Å²) in [5.41, 5.74) is 4.79. The van der Waals surface area contributed by atoms with Crippen molar-refractivity contribution in [3.05, 3.63) is 0 Å². The molecular weight excluding hydrogens is 240 g/mol. The quantitative estimate of drug-likeness (QED) is 0.622. The number of methoxy groups -OCH3 is 2. The molecule has 1 amide bonds. The Balaban J connectivity index is 4.38. The van der Waals surface area contributed by atoms with Gasteiger partial charge in [0.15, 0.2) is 0 Å². The van der Waals surface area contributed by atoms with Crippen LogP contribution in [-0.4, -0.2) is 44.4 Å². The molecule has 0 rings (SSSR count). The standard InChI is InChI=1S/C11H22N2O3S/c1-5-11(2,9(12)17)10(14)13-6-8(16-4)7-15-3/h8H,5-7H2,1-4H3,(H2,12,17)(H,13,14). The van der Waals surface area contributed by atoms with Gasteiger partial charge in [-0.1, -0.05) is 19.1 Å². The van der Waals surface area contributed by atoms with Crippen molar-refractivity contribution < 1.29 is 14.3 Å². The van der Waals surface area contributed by atoms with Gasteiger partial charge in [-0.2, -0.15) is 0 Å². The van der Waals surface area contributed by atoms with Gasteiger partial charge < -0.3 is 20.5 Å². The molecular formula is C11H22N2O3S. The Morgan fingerprint density at radius 3 is 2.47 bits per heavy atom. The lowest BCUT2D eigenvalue weighted by Crippen LogP contribution is -2.48. The summed E-state index contributed by atoms with van der Waals surface area (Å²) in [6, 6.07) is 0. The maximum absolute atomic E-state index is 12.0. The predicted octanol–water partition coefficient (Wildman–Crippen LogP) is 0.466. The Kier molecular flexibility index (Phi) is 7.26. The largest absolute Gasteiger partial charge is 0.392 e. The molecule has 0 saturated carbocycles. The van der Waals surface area contributed by atoms with Crippen molar-refractivity contribution in [2.24, 2.45) is 11.1 Å². The average Bonchev–Trinajstić information content (AvgIpc) is 2.32. The van der Waals surface area contributed by atoms with Gasteiger partial charge in [-0.05, 0) is 13.3 Å². The van der Waals surface area contributed by atoms with E-state index in [0.717, 1.165) is 0 Å². The van der Waals surface area contributed by atoms with Crippen LogP contribution in [0, 0.1) is 5.41 Å². The van der Waals surface area contributed by atoms with Crippen LogP contribution in [-0.2, 0) is 14.3 Å². The molecule has 0 heterocycles. The highest BCUT2D eigenvalue weighted by Gasteiger charge is 2.34. The Morgan fingerprint density at radius 1 is 1.53 bits per heavy atom. The summed E-state index contributed by atoms with van der Waals surface area (Å²) >= 11 is 4.93. The number of hydrogen-bond acceptors (Lipinski definition) is 4. The van der Waals surface area contributed by atoms with Gasteiger partial charge in [0.2, 0.25) is 5.91 Å². The van der Waals surface area contributed by atoms with E-state index in [2.05, 4.69) is 5.32 Å². The minimum atomic E-state index is -0.805. The third-order valence-corrected chi connectivity index (χ3v) is 3.38. The van der Waals surface area contributed by atoms with E-state index in [9.17, 15) is 4.79 Å². The summed E-state index contributed by atoms with van der Waals surface area (Å²) in [6.07, 6.45) is 0.396. The second-order valence-electron chi connectivity index (χ2n) is 4.07. The zero-order chi connectivity index (χ0) is 13.5. The van der Waals surface area contributed by atoms with Crippen LogP contribution in [0.25, 0.3) is 0 Å². The van der Waals surface area contributed by atoms with E-state index >= 15 is 0 Å². The average molecular weight is 262 g/mol. The number of hydrogen-bond donors (Lipinski definition) is 2. The third kappa shape index (κ3) is 4.57. The lowest BCUT2D eigenvalue weighted by molar-refractivity contribution is -0.127. The zero-order valence-corrected chi connectivity index (χ0v) is 11.7. The van der Waals surface area contributed by atoms with E-state index in [1.54, 1.807) is 21.1 Å². The number of ether oxygens (including phenoxy) is 2. The maximum atomic E-state index is 12.0. The van der Waals surface area contributed by atoms with Crippen LogP contribution >= 0.6 is 12.2 Å². The third-order valence-electron chi connectivity index (χ3n) is 2.93. The van der Waals surface area contributed by atoms with Gasteiger partial charge >= 0.3 is 0 Å². The van der Waals surface area contributed by atoms with Gasteiger partial charge in [0.1, 0.15) is 0 Å². The lowest BCUT2D eigenvalue weighted by Gasteiger charge is -2.26. The summed E-state index contributed by atoms with van der Waals surface area (Å²) in [4.78, 5) is 12.2. The Labute approximate surface area is 108 Å². The molecule has 17 heavy (non-hydrogen) atoms. The summed E-state index contributed by atoms with van der Waals surface area (Å²) in [5, 5.41) is 2.78. The molecule has 0 radical (unpaired) electrons. The summed E-state index contributed by atoms with van der Waals surface area (Å²) in [6.45, 7) is 4.42. The van der Waals surface area contributed by atoms with E-state index < -0.39 is 5.41 Å². The topological polar surface area (TPSA) is 73.6 Å². The first-order valence-corrected chi connectivity index (χ1v) is 5.93. The first-order chi connectivity index (χ1) is 7.92. The molecule has 0 aliphatic heterocycles. The van der Waals surface area contributed by atoms with Crippen molar-refractivity contribution in [1.29, 1.82) is 0 Å². The first kappa shape index (κ1) is 16.3. The molecule has 0 aliphatic carbocycles. The van der Waals surface area contributed by atoms with Crippen molar-refractivity contribution in [3.8, 4) is 0 Å². The fraction of sp³-hybridized carbons (Fsp3) is 0.818. The zero-order valence-electron chi connectivity index (χ0n) is 10.9. The SMILES string of the molecule is CCC(C)(C(=O)NCC(COC)OC)C(N)=S. The molecule has 0 aliphatic rings. The number of amides is 1. The number of carbonyl (C=O) groups is 1. The molecule has 0 bridgehead atoms. The van der Waals surface area contributed by atoms with Gasteiger partial charge in [-0.3, -0.25) is 4.79 Å². The molecule has 0 fully saturated rings. The number of thiocarbonyl (C=S) groups is 1. The lowest BCUT2D eigenvalue weighted by atomic mass is 9.86. The highest BCUT2D eigenvalue weighted by molar-refractivity contribution is 7.80. The summed E-state index contributed by atoms with van der Waals surface area (Å²) in [7, 11) is 3.15. The summed E-state index contributed by atoms with van der Waals surface area (Å²) in [5.74, 6) is -0.175. The van der Waals surface area contributed by atoms with Crippen LogP contribution in [0.1, 0.15) is 20.3 Å². The van der Waals surface area contributed by atoms with Gasteiger partial charge in [0, 0.05) is 20.8 Å². The number of rotatable bonds is 8. The van der Waals surface area contributed by atoms with Crippen molar-refractivity contribution >= 4 is 23.1 Å². The normalized spacial score (nSPS) is 16.0. The van der Waals surface area contributed by atoms with E-state index in [1.807, 2.05) is 6.92 Å². The smallest absolute Gasteiger partial charge is 0.232 e. The van der Waals surface area contributed by atoms with E-state index in [-0.39, 0.29) is 17.0 Å². The number of nitrogens with two attached hydrogens (primary N) is 1. The number of nitrogens with one attached hydrogen (secondary N) is 1. The molecule has 2 atom stereocenters. The minimum Gasteiger partial charge on any atom is -0.392 e. The molecule has 2 unspecified atom stereocenters. The van der Waals surface area contributed by atoms with Crippen molar-refractivity contribution in [1.82, 2.24) is 5.32 Å². The van der Waals surface area contributed by atoms with Crippen LogP contribution in [0.15, 0.2) is 0 Å². The second-order valence-corrected chi connectivity index (χ2v) is 4.51. The predicted molar refractivity (Wildman–Crippen MR) is 70.9 cm³/mol. The minimum absolute atomic E-state index is 0.170. The molecule has 6 heteroatoms. The van der Waals surface area contributed by atoms with Crippen LogP contribution in [0.2, 0.25) is 0 Å². The van der Waals surface area contributed by atoms with Gasteiger partial charge in [0.05, 0.1) is 23.1 Å². The van der Waals surface area contributed by atoms with Gasteiger partial charge in [-0.25, -0.2) is 0 Å². The molecule has 0 aromatic carbocycles. The van der Waals surface area contributed by atoms with E-state index in [4.69, 9.17) is 27.4 Å². The Morgan fingerprint density at radius 2 is 2.12 bits per heavy atom. The molecule has 0 spiro atoms. The van der Waals surface area contributed by atoms with Crippen LogP contribution < -0.4 is 11.1 Å². The van der Waals surface area contributed by atoms with Crippen molar-refractivity contribution in [3.63, 3.8) is 0 Å². The molecule has 3 N–H and O–H groups in total. The van der Waals surface area contributed by atoms with Crippen LogP contribution in [0.5, 0.6) is 0 Å². The molecule has 100 valence electrons. The Bertz CT molecular complexity index is 273. The van der Waals surface area contributed by atoms with Crippen LogP contribution in [0.4, 0.5) is 0 Å². The molecule has 0 aromatic heterocycles. The van der Waals surface area contributed by atoms with E-state index in [1.165, 1.54) is 0 Å². The molecule has 5 nitrogen and oxygen atoms in total. The van der Waals surface area contributed by atoms with Crippen molar-refractivity contribution in [2.45, 2.75) is 26.4 Å². The second kappa shape index (κ2) is 7.58. The number of carbonyl (C=O) groups excluding carboxylic acids is 1. The highest BCUT2D eigenvalue weighted by Crippen LogP contribution is 2.21. The van der Waals surface area contributed by atoms with Gasteiger partial charge in [-0.15, -0.1) is 0 Å². The maximum Gasteiger partial charge on any atom is 0.232 e. The fourth-order valence-corrected chi connectivity index (χ4v) is 1.48. The van der Waals surface area contributed by atoms with Crippen molar-refractivity contribution in [2.75, 3.05) is 27.4 Å². The molecule has 0 aromatic rings. The summed E-state index contributed by atoms with van der Waals surface area (Å²) < 4.78 is 10.1. The highest BCUT2D eigenvalue weighted by atomic mass is 32.1. The van der Waals surface area contributed by atoms with Gasteiger partial charge in [0.25, 0.3) is 0 Å². The fourth-order valence-electron chi connectivity index (χ4n) is 1.24. The Hall–Kier alpha value is -0.720. The van der Waals surface area contributed by atoms with E-state index in [0.29, 0.717) is 19.6 Å².